The van der Waals surface area contributed by atoms with Gasteiger partial charge in [0.15, 0.2) is 11.6 Å². The standard InChI is InChI=1S/C21H20O2/c22-20-16-8-14-10-1-2-11(4-3-10)15(14)9-17(16)21(23)19-13-6-5-12(7-13)18(19)20/h8-13H,1-7H2/t10?,11?,12-,13+. The third kappa shape index (κ3) is 1.42. The summed E-state index contributed by atoms with van der Waals surface area (Å²) in [5, 5.41) is 0. The number of hydrogen-bond acceptors (Lipinski definition) is 2. The number of rotatable bonds is 0. The molecule has 2 heteroatoms. The van der Waals surface area contributed by atoms with Crippen molar-refractivity contribution in [2.75, 3.05) is 0 Å². The predicted octanol–water partition coefficient (Wildman–Crippen LogP) is 4.55. The molecule has 4 bridgehead atoms. The number of carbonyl (C=O) groups is 2. The van der Waals surface area contributed by atoms with E-state index in [1.165, 1.54) is 36.8 Å². The van der Waals surface area contributed by atoms with Gasteiger partial charge in [0.2, 0.25) is 0 Å². The highest BCUT2D eigenvalue weighted by molar-refractivity contribution is 6.28. The maximum atomic E-state index is 13.1. The van der Waals surface area contributed by atoms with Gasteiger partial charge in [-0.05, 0) is 91.9 Å². The first-order valence-corrected chi connectivity index (χ1v) is 9.23. The highest BCUT2D eigenvalue weighted by atomic mass is 16.1. The van der Waals surface area contributed by atoms with E-state index in [0.717, 1.165) is 41.5 Å². The van der Waals surface area contributed by atoms with Crippen LogP contribution in [0.1, 0.15) is 88.6 Å². The van der Waals surface area contributed by atoms with Gasteiger partial charge in [-0.25, -0.2) is 0 Å². The molecule has 6 aliphatic rings. The first-order chi connectivity index (χ1) is 11.2. The summed E-state index contributed by atoms with van der Waals surface area (Å²) < 4.78 is 0. The number of ketones is 2. The molecule has 1 aromatic carbocycles. The second-order valence-electron chi connectivity index (χ2n) is 8.27. The lowest BCUT2D eigenvalue weighted by Gasteiger charge is -2.39. The summed E-state index contributed by atoms with van der Waals surface area (Å²) in [4.78, 5) is 26.2. The normalized spacial score (nSPS) is 36.3. The van der Waals surface area contributed by atoms with E-state index in [1.807, 2.05) is 0 Å². The van der Waals surface area contributed by atoms with Crippen LogP contribution in [0.2, 0.25) is 0 Å². The van der Waals surface area contributed by atoms with Gasteiger partial charge in [-0.2, -0.15) is 0 Å². The number of fused-ring (bicyclic) bond motifs is 7. The number of Topliss-reactive ketones (excluding diaryl/α,β-unsaturated/α-hetero) is 2. The van der Waals surface area contributed by atoms with Crippen LogP contribution in [-0.2, 0) is 0 Å². The summed E-state index contributed by atoms with van der Waals surface area (Å²) in [5.74, 6) is 2.36. The molecule has 116 valence electrons. The van der Waals surface area contributed by atoms with Gasteiger partial charge in [0.25, 0.3) is 0 Å². The lowest BCUT2D eigenvalue weighted by Crippen LogP contribution is -2.29. The summed E-state index contributed by atoms with van der Waals surface area (Å²) in [6, 6.07) is 4.24. The molecular weight excluding hydrogens is 284 g/mol. The Balaban J connectivity index is 1.58. The summed E-state index contributed by atoms with van der Waals surface area (Å²) in [6.45, 7) is 0. The molecule has 2 nitrogen and oxygen atoms in total. The second kappa shape index (κ2) is 4.03. The molecule has 0 unspecified atom stereocenters. The Morgan fingerprint density at radius 1 is 0.609 bits per heavy atom. The van der Waals surface area contributed by atoms with Crippen molar-refractivity contribution in [3.05, 3.63) is 45.5 Å². The molecule has 2 atom stereocenters. The topological polar surface area (TPSA) is 34.1 Å². The molecule has 2 saturated carbocycles. The Kier molecular flexibility index (Phi) is 2.23. The molecule has 0 aliphatic heterocycles. The van der Waals surface area contributed by atoms with Crippen LogP contribution in [0.3, 0.4) is 0 Å². The molecular formula is C21H20O2. The van der Waals surface area contributed by atoms with Crippen molar-refractivity contribution in [3.8, 4) is 0 Å². The summed E-state index contributed by atoms with van der Waals surface area (Å²) in [7, 11) is 0. The van der Waals surface area contributed by atoms with Gasteiger partial charge in [0, 0.05) is 22.3 Å². The van der Waals surface area contributed by atoms with E-state index in [9.17, 15) is 9.59 Å². The highest BCUT2D eigenvalue weighted by Gasteiger charge is 2.48. The van der Waals surface area contributed by atoms with Gasteiger partial charge in [0.05, 0.1) is 0 Å². The van der Waals surface area contributed by atoms with Gasteiger partial charge >= 0.3 is 0 Å². The van der Waals surface area contributed by atoms with Gasteiger partial charge < -0.3 is 0 Å². The van der Waals surface area contributed by atoms with Crippen LogP contribution in [0.4, 0.5) is 0 Å². The van der Waals surface area contributed by atoms with E-state index >= 15 is 0 Å². The second-order valence-corrected chi connectivity index (χ2v) is 8.27. The minimum absolute atomic E-state index is 0.186. The van der Waals surface area contributed by atoms with Crippen molar-refractivity contribution in [1.29, 1.82) is 0 Å². The van der Waals surface area contributed by atoms with Crippen LogP contribution in [0.15, 0.2) is 23.3 Å². The maximum Gasteiger partial charge on any atom is 0.190 e. The molecule has 2 fully saturated rings. The Morgan fingerprint density at radius 3 is 1.43 bits per heavy atom. The van der Waals surface area contributed by atoms with Gasteiger partial charge in [-0.3, -0.25) is 9.59 Å². The monoisotopic (exact) mass is 304 g/mol. The molecule has 0 heterocycles. The van der Waals surface area contributed by atoms with Crippen molar-refractivity contribution >= 4 is 11.6 Å². The van der Waals surface area contributed by atoms with Crippen LogP contribution in [0, 0.1) is 11.8 Å². The van der Waals surface area contributed by atoms with Crippen LogP contribution in [0.5, 0.6) is 0 Å². The number of hydrogen-bond donors (Lipinski definition) is 0. The van der Waals surface area contributed by atoms with Crippen LogP contribution in [0.25, 0.3) is 0 Å². The van der Waals surface area contributed by atoms with Crippen molar-refractivity contribution in [2.24, 2.45) is 11.8 Å². The van der Waals surface area contributed by atoms with Crippen molar-refractivity contribution < 1.29 is 9.59 Å². The molecule has 6 aliphatic carbocycles. The van der Waals surface area contributed by atoms with Crippen LogP contribution >= 0.6 is 0 Å². The Hall–Kier alpha value is -1.70. The minimum atomic E-state index is 0.186. The Bertz CT molecular complexity index is 753. The smallest absolute Gasteiger partial charge is 0.190 e. The molecule has 23 heavy (non-hydrogen) atoms. The molecule has 0 saturated heterocycles. The van der Waals surface area contributed by atoms with Crippen molar-refractivity contribution in [2.45, 2.75) is 56.8 Å². The molecule has 0 N–H and O–H groups in total. The largest absolute Gasteiger partial charge is 0.289 e. The lowest BCUT2D eigenvalue weighted by molar-refractivity contribution is 0.0962. The number of carbonyl (C=O) groups excluding carboxylic acids is 2. The van der Waals surface area contributed by atoms with E-state index in [1.54, 1.807) is 0 Å². The average molecular weight is 304 g/mol. The zero-order valence-corrected chi connectivity index (χ0v) is 13.2. The average Bonchev–Trinajstić information content (AvgIpc) is 3.21. The molecule has 0 amide bonds. The molecule has 1 aromatic rings. The zero-order valence-electron chi connectivity index (χ0n) is 13.2. The third-order valence-electron chi connectivity index (χ3n) is 7.35. The van der Waals surface area contributed by atoms with Crippen molar-refractivity contribution in [1.82, 2.24) is 0 Å². The molecule has 0 aromatic heterocycles. The van der Waals surface area contributed by atoms with E-state index < -0.39 is 0 Å². The van der Waals surface area contributed by atoms with Crippen LogP contribution < -0.4 is 0 Å². The first kappa shape index (κ1) is 12.7. The summed E-state index contributed by atoms with van der Waals surface area (Å²) in [6.07, 6.45) is 8.30. The van der Waals surface area contributed by atoms with Crippen LogP contribution in [-0.4, -0.2) is 11.6 Å². The SMILES string of the molecule is O=C1C2=C(C(=O)c3cc4c(cc31)C1CCC4CC1)[C@H]1CC[C@@H]2C1. The molecule has 0 radical (unpaired) electrons. The maximum absolute atomic E-state index is 13.1. The minimum Gasteiger partial charge on any atom is -0.289 e. The van der Waals surface area contributed by atoms with Gasteiger partial charge in [-0.1, -0.05) is 0 Å². The van der Waals surface area contributed by atoms with E-state index in [4.69, 9.17) is 0 Å². The fourth-order valence-corrected chi connectivity index (χ4v) is 6.28. The predicted molar refractivity (Wildman–Crippen MR) is 86.9 cm³/mol. The van der Waals surface area contributed by atoms with Crippen molar-refractivity contribution in [3.63, 3.8) is 0 Å². The first-order valence-electron chi connectivity index (χ1n) is 9.23. The summed E-state index contributed by atoms with van der Waals surface area (Å²) in [5.41, 5.74) is 6.04. The number of allylic oxidation sites excluding steroid dienone is 2. The van der Waals surface area contributed by atoms with E-state index in [-0.39, 0.29) is 11.6 Å². The third-order valence-corrected chi connectivity index (χ3v) is 7.35. The van der Waals surface area contributed by atoms with Gasteiger partial charge in [-0.15, -0.1) is 0 Å². The van der Waals surface area contributed by atoms with E-state index in [2.05, 4.69) is 12.1 Å². The fraction of sp³-hybridized carbons (Fsp3) is 0.524. The fourth-order valence-electron chi connectivity index (χ4n) is 6.28. The zero-order chi connectivity index (χ0) is 15.3. The van der Waals surface area contributed by atoms with Gasteiger partial charge in [0.1, 0.15) is 0 Å². The highest BCUT2D eigenvalue weighted by Crippen LogP contribution is 2.55. The van der Waals surface area contributed by atoms with E-state index in [0.29, 0.717) is 23.7 Å². The Morgan fingerprint density at radius 2 is 1.00 bits per heavy atom. The number of benzene rings is 1. The lowest BCUT2D eigenvalue weighted by atomic mass is 9.65. The molecule has 7 rings (SSSR count). The Labute approximate surface area is 136 Å². The molecule has 0 spiro atoms. The quantitative estimate of drug-likeness (QED) is 0.705. The summed E-state index contributed by atoms with van der Waals surface area (Å²) >= 11 is 0.